The molecule has 0 spiro atoms. The van der Waals surface area contributed by atoms with Crippen LogP contribution in [0.2, 0.25) is 0 Å². The molecule has 0 aliphatic carbocycles. The number of carbonyl (C=O) groups excluding carboxylic acids is 1. The highest BCUT2D eigenvalue weighted by atomic mass is 16.1. The van der Waals surface area contributed by atoms with Crippen LogP contribution in [0.1, 0.15) is 49.0 Å². The molecule has 4 aromatic rings. The normalized spacial score (nSPS) is 26.5. The first kappa shape index (κ1) is 11.8. The minimum absolute atomic E-state index is 0.119. The Morgan fingerprint density at radius 1 is 1.00 bits per heavy atom. The zero-order chi connectivity index (χ0) is 31.0. The van der Waals surface area contributed by atoms with Gasteiger partial charge in [-0.2, -0.15) is 0 Å². The predicted octanol–water partition coefficient (Wildman–Crippen LogP) is 4.58. The lowest BCUT2D eigenvalue weighted by Gasteiger charge is -2.27. The maximum absolute atomic E-state index is 13.2. The maximum atomic E-state index is 13.2. The lowest BCUT2D eigenvalue weighted by Crippen LogP contribution is -2.30. The van der Waals surface area contributed by atoms with Crippen molar-refractivity contribution in [3.8, 4) is 11.3 Å². The molecule has 1 N–H and O–H groups in total. The molecule has 1 aromatic carbocycles. The van der Waals surface area contributed by atoms with E-state index in [0.717, 1.165) is 40.1 Å². The summed E-state index contributed by atoms with van der Waals surface area (Å²) in [6.45, 7) is -4.92. The molecule has 162 valence electrons. The van der Waals surface area contributed by atoms with E-state index in [9.17, 15) is 4.79 Å². The van der Waals surface area contributed by atoms with Gasteiger partial charge in [0.05, 0.1) is 11.9 Å². The average molecular weight is 437 g/mol. The molecule has 0 bridgehead atoms. The quantitative estimate of drug-likeness (QED) is 0.507. The van der Waals surface area contributed by atoms with Crippen molar-refractivity contribution in [3.63, 3.8) is 0 Å². The molecular formula is C25H26N6O. The fourth-order valence-electron chi connectivity index (χ4n) is 3.35. The molecule has 7 nitrogen and oxygen atoms in total. The van der Waals surface area contributed by atoms with E-state index < -0.39 is 43.8 Å². The third-order valence-electron chi connectivity index (χ3n) is 5.18. The summed E-state index contributed by atoms with van der Waals surface area (Å²) in [6.07, 6.45) is -6.18. The Hall–Kier alpha value is -3.74. The first-order valence-corrected chi connectivity index (χ1v) is 9.81. The van der Waals surface area contributed by atoms with E-state index in [0.29, 0.717) is 0 Å². The Morgan fingerprint density at radius 3 is 2.62 bits per heavy atom. The zero-order valence-electron chi connectivity index (χ0n) is 27.3. The number of aromatic nitrogens is 4. The van der Waals surface area contributed by atoms with Crippen LogP contribution >= 0.6 is 0 Å². The monoisotopic (exact) mass is 436 g/mol. The second-order valence-corrected chi connectivity index (χ2v) is 7.17. The molecule has 0 saturated carbocycles. The minimum Gasteiger partial charge on any atom is -0.357 e. The molecule has 0 radical (unpaired) electrons. The Balaban J connectivity index is 1.48. The maximum Gasteiger partial charge on any atom is 0.257 e. The van der Waals surface area contributed by atoms with E-state index in [-0.39, 0.29) is 16.3 Å². The van der Waals surface area contributed by atoms with Crippen molar-refractivity contribution >= 4 is 28.3 Å². The Morgan fingerprint density at radius 2 is 1.84 bits per heavy atom. The van der Waals surface area contributed by atoms with Crippen LogP contribution in [0.15, 0.2) is 55.0 Å². The number of pyridine rings is 2. The number of benzene rings is 1. The number of carbonyl (C=O) groups is 1. The summed E-state index contributed by atoms with van der Waals surface area (Å²) in [5.41, 5.74) is 1.68. The number of nitrogens with one attached hydrogen (secondary N) is 1. The second-order valence-electron chi connectivity index (χ2n) is 7.17. The smallest absolute Gasteiger partial charge is 0.257 e. The minimum atomic E-state index is -3.56. The van der Waals surface area contributed by atoms with Crippen molar-refractivity contribution in [2.24, 2.45) is 7.05 Å². The highest BCUT2D eigenvalue weighted by Gasteiger charge is 2.15. The van der Waals surface area contributed by atoms with Crippen molar-refractivity contribution < 1.29 is 18.5 Å². The van der Waals surface area contributed by atoms with Crippen LogP contribution in [-0.4, -0.2) is 38.4 Å². The van der Waals surface area contributed by atoms with Gasteiger partial charge in [-0.3, -0.25) is 4.79 Å². The zero-order valence-corrected chi connectivity index (χ0v) is 17.3. The Bertz CT molecular complexity index is 1690. The van der Waals surface area contributed by atoms with Crippen molar-refractivity contribution in [3.05, 3.63) is 66.4 Å². The van der Waals surface area contributed by atoms with Crippen LogP contribution in [0.3, 0.4) is 0 Å². The summed E-state index contributed by atoms with van der Waals surface area (Å²) in [6, 6.07) is 9.67. The van der Waals surface area contributed by atoms with Gasteiger partial charge in [-0.25, -0.2) is 15.0 Å². The van der Waals surface area contributed by atoms with Crippen LogP contribution in [-0.2, 0) is 7.05 Å². The van der Waals surface area contributed by atoms with E-state index in [4.69, 9.17) is 13.7 Å². The number of fused-ring (bicyclic) bond motifs is 1. The SMILES string of the molecule is [2H]C1([2H])N(c2cc(C(=O)Nc3cc4cc(-c5cnc(C)n5C)ccc4cn3)ccn2)C([2H])([2H])C([2H])([2H])C([2H])([2H])C1([2H])[2H]. The number of hydrogen-bond donors (Lipinski definition) is 1. The lowest BCUT2D eigenvalue weighted by molar-refractivity contribution is 0.102. The molecule has 3 aromatic heterocycles. The largest absolute Gasteiger partial charge is 0.357 e. The van der Waals surface area contributed by atoms with E-state index in [1.165, 1.54) is 6.07 Å². The van der Waals surface area contributed by atoms with Gasteiger partial charge >= 0.3 is 0 Å². The van der Waals surface area contributed by atoms with Gasteiger partial charge in [0.15, 0.2) is 0 Å². The number of amides is 1. The van der Waals surface area contributed by atoms with Gasteiger partial charge in [0, 0.05) is 62.7 Å². The fraction of sp³-hybridized carbons (Fsp3) is 0.280. The number of aryl methyl sites for hydroxylation is 1. The number of piperidine rings is 1. The summed E-state index contributed by atoms with van der Waals surface area (Å²) >= 11 is 0. The molecule has 4 heterocycles. The molecule has 5 rings (SSSR count). The molecular weight excluding hydrogens is 400 g/mol. The fourth-order valence-corrected chi connectivity index (χ4v) is 3.35. The van der Waals surface area contributed by atoms with Crippen LogP contribution in [0.4, 0.5) is 11.6 Å². The molecule has 0 atom stereocenters. The molecule has 1 aliphatic heterocycles. The van der Waals surface area contributed by atoms with Gasteiger partial charge in [-0.15, -0.1) is 0 Å². The third kappa shape index (κ3) is 3.93. The Kier molecular flexibility index (Phi) is 3.09. The number of nitrogens with zero attached hydrogens (tertiary/aromatic N) is 5. The molecule has 1 aliphatic rings. The summed E-state index contributed by atoms with van der Waals surface area (Å²) in [4.78, 5) is 25.8. The Labute approximate surface area is 201 Å². The average Bonchev–Trinajstić information content (AvgIpc) is 3.25. The highest BCUT2D eigenvalue weighted by Crippen LogP contribution is 2.26. The molecule has 1 amide bonds. The highest BCUT2D eigenvalue weighted by molar-refractivity contribution is 6.05. The van der Waals surface area contributed by atoms with Gasteiger partial charge in [0.1, 0.15) is 17.5 Å². The third-order valence-corrected chi connectivity index (χ3v) is 5.18. The van der Waals surface area contributed by atoms with E-state index in [1.807, 2.05) is 36.7 Å². The van der Waals surface area contributed by atoms with Crippen LogP contribution in [0.25, 0.3) is 22.0 Å². The summed E-state index contributed by atoms with van der Waals surface area (Å²) in [7, 11) is 1.91. The summed E-state index contributed by atoms with van der Waals surface area (Å²) in [5, 5.41) is 4.23. The predicted molar refractivity (Wildman–Crippen MR) is 127 cm³/mol. The van der Waals surface area contributed by atoms with Gasteiger partial charge in [-0.05, 0) is 55.7 Å². The van der Waals surface area contributed by atoms with Crippen molar-refractivity contribution in [2.45, 2.75) is 26.0 Å². The van der Waals surface area contributed by atoms with E-state index >= 15 is 0 Å². The van der Waals surface area contributed by atoms with E-state index in [2.05, 4.69) is 20.3 Å². The topological polar surface area (TPSA) is 75.9 Å². The molecule has 0 unspecified atom stereocenters. The van der Waals surface area contributed by atoms with Crippen molar-refractivity contribution in [1.29, 1.82) is 0 Å². The van der Waals surface area contributed by atoms with Crippen LogP contribution < -0.4 is 10.2 Å². The summed E-state index contributed by atoms with van der Waals surface area (Å²) in [5.74, 6) is -0.276. The molecule has 32 heavy (non-hydrogen) atoms. The number of rotatable bonds is 4. The van der Waals surface area contributed by atoms with Crippen LogP contribution in [0.5, 0.6) is 0 Å². The van der Waals surface area contributed by atoms with Gasteiger partial charge < -0.3 is 14.8 Å². The number of imidazole rings is 1. The molecule has 1 fully saturated rings. The van der Waals surface area contributed by atoms with Gasteiger partial charge in [0.25, 0.3) is 5.91 Å². The summed E-state index contributed by atoms with van der Waals surface area (Å²) < 4.78 is 83.8. The first-order valence-electron chi connectivity index (χ1n) is 14.8. The molecule has 7 heteroatoms. The first-order chi connectivity index (χ1) is 19.3. The second kappa shape index (κ2) is 8.42. The number of anilines is 2. The van der Waals surface area contributed by atoms with Gasteiger partial charge in [0.2, 0.25) is 0 Å². The van der Waals surface area contributed by atoms with E-state index in [1.54, 1.807) is 18.5 Å². The molecule has 1 saturated heterocycles. The lowest BCUT2D eigenvalue weighted by atomic mass is 10.1. The van der Waals surface area contributed by atoms with Gasteiger partial charge in [-0.1, -0.05) is 12.1 Å². The van der Waals surface area contributed by atoms with Crippen molar-refractivity contribution in [1.82, 2.24) is 19.5 Å². The van der Waals surface area contributed by atoms with Crippen molar-refractivity contribution in [2.75, 3.05) is 23.2 Å². The number of hydrogen-bond acceptors (Lipinski definition) is 5. The standard InChI is InChI=1S/C25H26N6O/c1-17-27-16-22(30(17)2)18-6-7-20-15-28-23(13-21(20)12-18)29-25(32)19-8-9-26-24(14-19)31-10-4-3-5-11-31/h6-9,12-16H,3-5,10-11H2,1-2H3,(H,28,29,32)/i3D2,4D2,5D2,10D2,11D2. The van der Waals surface area contributed by atoms with Crippen LogP contribution in [0, 0.1) is 6.92 Å².